The molecule has 0 aliphatic heterocycles. The summed E-state index contributed by atoms with van der Waals surface area (Å²) in [4.78, 5) is 0. The van der Waals surface area contributed by atoms with Gasteiger partial charge in [0.15, 0.2) is 0 Å². The molecule has 0 aromatic carbocycles. The SMILES string of the molecule is F[C]1C=C=CC=C1Cl.[I-].[Zn]. The van der Waals surface area contributed by atoms with Crippen LogP contribution in [0.2, 0.25) is 0 Å². The molecule has 1 radical (unpaired) electrons. The van der Waals surface area contributed by atoms with Crippen LogP contribution in [0.4, 0.5) is 4.39 Å². The second-order valence-electron chi connectivity index (χ2n) is 1.34. The summed E-state index contributed by atoms with van der Waals surface area (Å²) >= 11 is 5.31. The van der Waals surface area contributed by atoms with Gasteiger partial charge in [0, 0.05) is 25.6 Å². The first-order valence-corrected chi connectivity index (χ1v) is 2.49. The van der Waals surface area contributed by atoms with Crippen molar-refractivity contribution in [3.05, 3.63) is 35.2 Å². The van der Waals surface area contributed by atoms with E-state index < -0.39 is 6.17 Å². The average molecular weight is 322 g/mol. The number of rotatable bonds is 0. The van der Waals surface area contributed by atoms with E-state index in [2.05, 4.69) is 5.73 Å². The number of hydrogen-bond donors (Lipinski definition) is 0. The molecule has 1 aliphatic rings. The van der Waals surface area contributed by atoms with Crippen LogP contribution in [-0.2, 0) is 19.5 Å². The van der Waals surface area contributed by atoms with Gasteiger partial charge in [-0.2, -0.15) is 0 Å². The van der Waals surface area contributed by atoms with E-state index in [0.29, 0.717) is 0 Å². The Bertz CT molecular complexity index is 184. The maximum absolute atomic E-state index is 12.2. The Morgan fingerprint density at radius 1 is 1.50 bits per heavy atom. The summed E-state index contributed by atoms with van der Waals surface area (Å²) in [6.45, 7) is 0. The van der Waals surface area contributed by atoms with E-state index in [1.165, 1.54) is 12.2 Å². The maximum Gasteiger partial charge on any atom is 0.214 e. The van der Waals surface area contributed by atoms with Gasteiger partial charge in [0.1, 0.15) is 0 Å². The van der Waals surface area contributed by atoms with E-state index >= 15 is 0 Å². The first kappa shape index (κ1) is 13.4. The van der Waals surface area contributed by atoms with Crippen LogP contribution < -0.4 is 24.0 Å². The van der Waals surface area contributed by atoms with Crippen LogP contribution in [0, 0.1) is 6.17 Å². The van der Waals surface area contributed by atoms with Gasteiger partial charge in [0.25, 0.3) is 0 Å². The van der Waals surface area contributed by atoms with Crippen molar-refractivity contribution in [2.45, 2.75) is 0 Å². The molecule has 0 fully saturated rings. The molecule has 0 atom stereocenters. The molecule has 0 N–H and O–H groups in total. The third kappa shape index (κ3) is 3.87. The molecular weight excluding hydrogens is 319 g/mol. The van der Waals surface area contributed by atoms with E-state index in [0.717, 1.165) is 0 Å². The van der Waals surface area contributed by atoms with Gasteiger partial charge in [-0.3, -0.25) is 0 Å². The van der Waals surface area contributed by atoms with Crippen LogP contribution in [0.1, 0.15) is 0 Å². The van der Waals surface area contributed by atoms with Crippen molar-refractivity contribution in [1.82, 2.24) is 0 Å². The zero-order chi connectivity index (χ0) is 5.98. The van der Waals surface area contributed by atoms with Crippen LogP contribution in [-0.4, -0.2) is 0 Å². The number of hydrogen-bond acceptors (Lipinski definition) is 0. The van der Waals surface area contributed by atoms with Gasteiger partial charge in [-0.05, 0) is 12.2 Å². The summed E-state index contributed by atoms with van der Waals surface area (Å²) in [7, 11) is 0. The van der Waals surface area contributed by atoms with Crippen molar-refractivity contribution in [3.8, 4) is 0 Å². The zero-order valence-electron chi connectivity index (χ0n) is 5.07. The minimum absolute atomic E-state index is 0. The second-order valence-corrected chi connectivity index (χ2v) is 1.75. The third-order valence-corrected chi connectivity index (χ3v) is 1.07. The summed E-state index contributed by atoms with van der Waals surface area (Å²) in [6.07, 6.45) is 3.79. The first-order chi connectivity index (χ1) is 3.80. The van der Waals surface area contributed by atoms with Crippen LogP contribution in [0.15, 0.2) is 29.0 Å². The summed E-state index contributed by atoms with van der Waals surface area (Å²) < 4.78 is 12.2. The van der Waals surface area contributed by atoms with E-state index in [9.17, 15) is 4.39 Å². The molecule has 4 heteroatoms. The topological polar surface area (TPSA) is 0 Å². The molecule has 0 spiro atoms. The summed E-state index contributed by atoms with van der Waals surface area (Å²) in [5, 5.41) is 0.142. The molecule has 0 saturated heterocycles. The van der Waals surface area contributed by atoms with Crippen LogP contribution in [0.3, 0.4) is 0 Å². The Labute approximate surface area is 94.0 Å². The normalized spacial score (nSPS) is 15.2. The monoisotopic (exact) mass is 320 g/mol. The Balaban J connectivity index is 0. The smallest absolute Gasteiger partial charge is 0.214 e. The van der Waals surface area contributed by atoms with Crippen molar-refractivity contribution in [1.29, 1.82) is 0 Å². The molecular formula is C6H3ClFIZn-. The maximum atomic E-state index is 12.2. The number of allylic oxidation sites excluding steroid dienone is 3. The van der Waals surface area contributed by atoms with E-state index in [-0.39, 0.29) is 48.5 Å². The molecule has 0 amide bonds. The molecule has 0 unspecified atom stereocenters. The van der Waals surface area contributed by atoms with E-state index in [1.54, 1.807) is 6.08 Å². The quantitative estimate of drug-likeness (QED) is 0.316. The van der Waals surface area contributed by atoms with Gasteiger partial charge in [-0.15, -0.1) is 5.73 Å². The van der Waals surface area contributed by atoms with Crippen molar-refractivity contribution in [2.75, 3.05) is 0 Å². The van der Waals surface area contributed by atoms with Gasteiger partial charge in [0.05, 0.1) is 5.03 Å². The molecule has 1 aliphatic carbocycles. The Kier molecular flexibility index (Phi) is 8.78. The summed E-state index contributed by atoms with van der Waals surface area (Å²) in [5.74, 6) is 0. The van der Waals surface area contributed by atoms with Crippen molar-refractivity contribution < 1.29 is 47.8 Å². The molecule has 1 rings (SSSR count). The van der Waals surface area contributed by atoms with Crippen LogP contribution in [0.5, 0.6) is 0 Å². The standard InChI is InChI=1S/C6H3ClF.HI.Zn/c7-5-3-1-2-4-6(5)8;;/h1,3-4H;1H;/p-1. The molecule has 0 heterocycles. The minimum atomic E-state index is -0.422. The molecule has 0 bridgehead atoms. The van der Waals surface area contributed by atoms with Gasteiger partial charge < -0.3 is 24.0 Å². The Morgan fingerprint density at radius 3 is 2.40 bits per heavy atom. The fraction of sp³-hybridized carbons (Fsp3) is 0. The second kappa shape index (κ2) is 6.54. The van der Waals surface area contributed by atoms with E-state index in [4.69, 9.17) is 11.6 Å². The molecule has 0 aromatic rings. The molecule has 10 heavy (non-hydrogen) atoms. The van der Waals surface area contributed by atoms with Crippen molar-refractivity contribution in [2.24, 2.45) is 0 Å². The average Bonchev–Trinajstić information content (AvgIpc) is 1.77. The van der Waals surface area contributed by atoms with Crippen LogP contribution >= 0.6 is 11.6 Å². The fourth-order valence-electron chi connectivity index (χ4n) is 0.391. The van der Waals surface area contributed by atoms with E-state index in [1.807, 2.05) is 0 Å². The van der Waals surface area contributed by atoms with Crippen LogP contribution in [0.25, 0.3) is 0 Å². The minimum Gasteiger partial charge on any atom is -1.00 e. The largest absolute Gasteiger partial charge is 1.00 e. The third-order valence-electron chi connectivity index (χ3n) is 0.764. The zero-order valence-corrected chi connectivity index (χ0v) is 11.0. The molecule has 0 aromatic heterocycles. The molecule has 0 saturated carbocycles. The predicted molar refractivity (Wildman–Crippen MR) is 30.9 cm³/mol. The number of halogens is 3. The molecule has 0 nitrogen and oxygen atoms in total. The fourth-order valence-corrected chi connectivity index (χ4v) is 0.509. The van der Waals surface area contributed by atoms with Crippen molar-refractivity contribution >= 4 is 11.6 Å². The Hall–Kier alpha value is 0.833. The van der Waals surface area contributed by atoms with Crippen molar-refractivity contribution in [3.63, 3.8) is 0 Å². The predicted octanol–water partition coefficient (Wildman–Crippen LogP) is -0.663. The van der Waals surface area contributed by atoms with Gasteiger partial charge in [0.2, 0.25) is 6.17 Å². The molecule has 51 valence electrons. The Morgan fingerprint density at radius 2 is 2.10 bits per heavy atom. The summed E-state index contributed by atoms with van der Waals surface area (Å²) in [6, 6.07) is 0. The van der Waals surface area contributed by atoms with Gasteiger partial charge >= 0.3 is 0 Å². The van der Waals surface area contributed by atoms with Gasteiger partial charge in [-0.25, -0.2) is 4.39 Å². The summed E-state index contributed by atoms with van der Waals surface area (Å²) in [5.41, 5.74) is 2.54. The first-order valence-electron chi connectivity index (χ1n) is 2.12. The van der Waals surface area contributed by atoms with Gasteiger partial charge in [-0.1, -0.05) is 11.6 Å².